The van der Waals surface area contributed by atoms with E-state index in [9.17, 15) is 14.4 Å². The fraction of sp³-hybridized carbons (Fsp3) is 0.941. The van der Waals surface area contributed by atoms with Crippen LogP contribution in [0.15, 0.2) is 0 Å². The summed E-state index contributed by atoms with van der Waals surface area (Å²) in [5.41, 5.74) is 0. The van der Waals surface area contributed by atoms with Crippen LogP contribution in [0.3, 0.4) is 0 Å². The molecule has 0 aliphatic heterocycles. The van der Waals surface area contributed by atoms with E-state index in [2.05, 4.69) is 34.6 Å². The highest BCUT2D eigenvalue weighted by molar-refractivity contribution is 5.71. The Labute approximate surface area is 355 Å². The average Bonchev–Trinajstić information content (AvgIpc) is 3.18. The molecule has 6 heteroatoms. The Morgan fingerprint density at radius 1 is 0.333 bits per heavy atom. The van der Waals surface area contributed by atoms with Gasteiger partial charge in [-0.2, -0.15) is 0 Å². The molecule has 0 aromatic carbocycles. The van der Waals surface area contributed by atoms with Gasteiger partial charge in [0, 0.05) is 19.3 Å². The van der Waals surface area contributed by atoms with Crippen LogP contribution in [0.25, 0.3) is 0 Å². The van der Waals surface area contributed by atoms with Crippen molar-refractivity contribution in [1.82, 2.24) is 0 Å². The third kappa shape index (κ3) is 45.3. The van der Waals surface area contributed by atoms with E-state index in [1.807, 2.05) is 0 Å². The van der Waals surface area contributed by atoms with E-state index < -0.39 is 6.10 Å². The number of hydrogen-bond acceptors (Lipinski definition) is 6. The molecule has 0 bridgehead atoms. The molecule has 0 amide bonds. The van der Waals surface area contributed by atoms with Gasteiger partial charge in [0.1, 0.15) is 13.2 Å². The van der Waals surface area contributed by atoms with Gasteiger partial charge in [-0.15, -0.1) is 0 Å². The molecule has 0 aliphatic carbocycles. The van der Waals surface area contributed by atoms with Gasteiger partial charge in [-0.25, -0.2) is 0 Å². The quantitative estimate of drug-likeness (QED) is 0.0346. The molecule has 57 heavy (non-hydrogen) atoms. The van der Waals surface area contributed by atoms with Gasteiger partial charge in [-0.3, -0.25) is 14.4 Å². The first kappa shape index (κ1) is 55.4. The molecular formula is C51H98O6. The minimum absolute atomic E-state index is 0.0650. The van der Waals surface area contributed by atoms with Crippen molar-refractivity contribution in [3.05, 3.63) is 0 Å². The minimum Gasteiger partial charge on any atom is -0.462 e. The van der Waals surface area contributed by atoms with Crippen LogP contribution in [-0.2, 0) is 28.6 Å². The highest BCUT2D eigenvalue weighted by Crippen LogP contribution is 2.17. The van der Waals surface area contributed by atoms with Crippen LogP contribution >= 0.6 is 0 Å². The first-order valence-corrected chi connectivity index (χ1v) is 25.2. The van der Waals surface area contributed by atoms with Gasteiger partial charge in [-0.05, 0) is 31.1 Å². The molecule has 0 N–H and O–H groups in total. The second-order valence-corrected chi connectivity index (χ2v) is 18.4. The number of rotatable bonds is 45. The molecule has 6 nitrogen and oxygen atoms in total. The monoisotopic (exact) mass is 807 g/mol. The zero-order valence-electron chi connectivity index (χ0n) is 39.0. The predicted octanol–water partition coefficient (Wildman–Crippen LogP) is 16.1. The number of carbonyl (C=O) groups excluding carboxylic acids is 3. The lowest BCUT2D eigenvalue weighted by Gasteiger charge is -2.18. The summed E-state index contributed by atoms with van der Waals surface area (Å²) < 4.78 is 16.7. The van der Waals surface area contributed by atoms with E-state index in [-0.39, 0.29) is 31.1 Å². The van der Waals surface area contributed by atoms with E-state index in [0.29, 0.717) is 19.3 Å². The molecular weight excluding hydrogens is 709 g/mol. The van der Waals surface area contributed by atoms with E-state index in [1.54, 1.807) is 0 Å². The van der Waals surface area contributed by atoms with Crippen molar-refractivity contribution >= 4 is 17.9 Å². The van der Waals surface area contributed by atoms with Crippen LogP contribution in [0.2, 0.25) is 0 Å². The van der Waals surface area contributed by atoms with Gasteiger partial charge in [0.25, 0.3) is 0 Å². The van der Waals surface area contributed by atoms with Gasteiger partial charge in [0.2, 0.25) is 0 Å². The molecule has 1 atom stereocenters. The van der Waals surface area contributed by atoms with Crippen molar-refractivity contribution in [3.8, 4) is 0 Å². The first-order chi connectivity index (χ1) is 27.7. The van der Waals surface area contributed by atoms with Gasteiger partial charge in [0.05, 0.1) is 0 Å². The van der Waals surface area contributed by atoms with E-state index in [0.717, 1.165) is 69.6 Å². The summed E-state index contributed by atoms with van der Waals surface area (Å²) in [6, 6.07) is 0. The third-order valence-electron chi connectivity index (χ3n) is 11.5. The number of unbranched alkanes of at least 4 members (excludes halogenated alkanes) is 30. The minimum atomic E-state index is -0.760. The summed E-state index contributed by atoms with van der Waals surface area (Å²) in [5.74, 6) is 0.764. The standard InChI is InChI=1S/C51H98O6/c1-6-7-8-9-10-21-25-31-36-41-49(52)55-44-48(45-56-50(53)42-37-32-28-27-30-35-40-47(4)5)57-51(54)43-38-33-26-23-20-18-16-14-12-11-13-15-17-19-22-24-29-34-39-46(2)3/h46-48H,6-45H2,1-5H3/t48-/m1/s1. The van der Waals surface area contributed by atoms with Crippen molar-refractivity contribution in [3.63, 3.8) is 0 Å². The third-order valence-corrected chi connectivity index (χ3v) is 11.5. The Hall–Kier alpha value is -1.59. The fourth-order valence-electron chi connectivity index (χ4n) is 7.64. The van der Waals surface area contributed by atoms with Gasteiger partial charge < -0.3 is 14.2 Å². The molecule has 0 spiro atoms. The van der Waals surface area contributed by atoms with Crippen molar-refractivity contribution in [2.75, 3.05) is 13.2 Å². The van der Waals surface area contributed by atoms with E-state index in [4.69, 9.17) is 14.2 Å². The van der Waals surface area contributed by atoms with Crippen LogP contribution < -0.4 is 0 Å². The Morgan fingerprint density at radius 3 is 0.860 bits per heavy atom. The van der Waals surface area contributed by atoms with Crippen LogP contribution in [0.5, 0.6) is 0 Å². The SMILES string of the molecule is CCCCCCCCCCCC(=O)OC[C@H](COC(=O)CCCCCCCCC(C)C)OC(=O)CCCCCCCCCCCCCCCCCCCCC(C)C. The lowest BCUT2D eigenvalue weighted by molar-refractivity contribution is -0.167. The molecule has 0 aliphatic rings. The molecule has 0 saturated carbocycles. The van der Waals surface area contributed by atoms with Crippen molar-refractivity contribution in [2.45, 2.75) is 285 Å². The number of ether oxygens (including phenoxy) is 3. The van der Waals surface area contributed by atoms with Crippen molar-refractivity contribution in [1.29, 1.82) is 0 Å². The van der Waals surface area contributed by atoms with E-state index >= 15 is 0 Å². The molecule has 0 saturated heterocycles. The Kier molecular flexibility index (Phi) is 42.7. The number of hydrogen-bond donors (Lipinski definition) is 0. The zero-order chi connectivity index (χ0) is 41.9. The molecule has 0 unspecified atom stereocenters. The smallest absolute Gasteiger partial charge is 0.306 e. The Morgan fingerprint density at radius 2 is 0.579 bits per heavy atom. The second kappa shape index (κ2) is 44.0. The maximum Gasteiger partial charge on any atom is 0.306 e. The molecule has 0 fully saturated rings. The summed E-state index contributed by atoms with van der Waals surface area (Å²) >= 11 is 0. The zero-order valence-corrected chi connectivity index (χ0v) is 39.0. The largest absolute Gasteiger partial charge is 0.462 e. The van der Waals surface area contributed by atoms with Crippen LogP contribution in [0.4, 0.5) is 0 Å². The summed E-state index contributed by atoms with van der Waals surface area (Å²) in [6.07, 6.45) is 44.0. The molecule has 0 radical (unpaired) electrons. The molecule has 0 aromatic rings. The van der Waals surface area contributed by atoms with Crippen molar-refractivity contribution < 1.29 is 28.6 Å². The van der Waals surface area contributed by atoms with Crippen LogP contribution in [0, 0.1) is 11.8 Å². The Bertz CT molecular complexity index is 870. The maximum absolute atomic E-state index is 12.8. The summed E-state index contributed by atoms with van der Waals surface area (Å²) in [6.45, 7) is 11.3. The van der Waals surface area contributed by atoms with Crippen LogP contribution in [-0.4, -0.2) is 37.2 Å². The highest BCUT2D eigenvalue weighted by Gasteiger charge is 2.19. The van der Waals surface area contributed by atoms with Gasteiger partial charge >= 0.3 is 17.9 Å². The lowest BCUT2D eigenvalue weighted by atomic mass is 10.0. The summed E-state index contributed by atoms with van der Waals surface area (Å²) in [4.78, 5) is 37.7. The number of esters is 3. The van der Waals surface area contributed by atoms with Gasteiger partial charge in [-0.1, -0.05) is 240 Å². The maximum atomic E-state index is 12.8. The molecule has 0 aromatic heterocycles. The topological polar surface area (TPSA) is 78.9 Å². The summed E-state index contributed by atoms with van der Waals surface area (Å²) in [7, 11) is 0. The normalized spacial score (nSPS) is 12.1. The van der Waals surface area contributed by atoms with E-state index in [1.165, 1.54) is 167 Å². The van der Waals surface area contributed by atoms with Crippen LogP contribution in [0.1, 0.15) is 279 Å². The highest BCUT2D eigenvalue weighted by atomic mass is 16.6. The Balaban J connectivity index is 4.16. The predicted molar refractivity (Wildman–Crippen MR) is 243 cm³/mol. The molecule has 0 heterocycles. The average molecular weight is 807 g/mol. The van der Waals surface area contributed by atoms with Gasteiger partial charge in [0.15, 0.2) is 6.10 Å². The fourth-order valence-corrected chi connectivity index (χ4v) is 7.64. The molecule has 338 valence electrons. The first-order valence-electron chi connectivity index (χ1n) is 25.2. The lowest BCUT2D eigenvalue weighted by Crippen LogP contribution is -2.30. The molecule has 0 rings (SSSR count). The van der Waals surface area contributed by atoms with Crippen molar-refractivity contribution in [2.24, 2.45) is 11.8 Å². The summed E-state index contributed by atoms with van der Waals surface area (Å²) in [5, 5.41) is 0. The second-order valence-electron chi connectivity index (χ2n) is 18.4. The number of carbonyl (C=O) groups is 3.